The average molecular weight is 197 g/mol. The Hall–Kier alpha value is -1.09. The molecule has 0 radical (unpaired) electrons. The third-order valence-corrected chi connectivity index (χ3v) is 2.22. The summed E-state index contributed by atoms with van der Waals surface area (Å²) in [4.78, 5) is 2.09. The molecule has 0 aliphatic rings. The van der Waals surface area contributed by atoms with Crippen LogP contribution in [0.25, 0.3) is 0 Å². The molecule has 0 spiro atoms. The Balaban J connectivity index is 2.87. The fourth-order valence-corrected chi connectivity index (χ4v) is 1.27. The lowest BCUT2D eigenvalue weighted by Gasteiger charge is -2.16. The van der Waals surface area contributed by atoms with E-state index in [1.807, 2.05) is 7.05 Å². The van der Waals surface area contributed by atoms with Gasteiger partial charge in [-0.25, -0.2) is 4.39 Å². The molecule has 1 aromatic rings. The molecule has 0 fully saturated rings. The van der Waals surface area contributed by atoms with Crippen LogP contribution in [0.5, 0.6) is 5.75 Å². The van der Waals surface area contributed by atoms with Gasteiger partial charge in [-0.1, -0.05) is 6.92 Å². The summed E-state index contributed by atoms with van der Waals surface area (Å²) >= 11 is 0. The van der Waals surface area contributed by atoms with Gasteiger partial charge in [0, 0.05) is 12.1 Å². The molecule has 0 amide bonds. The molecular weight excluding hydrogens is 181 g/mol. The van der Waals surface area contributed by atoms with Crippen molar-refractivity contribution in [1.29, 1.82) is 0 Å². The summed E-state index contributed by atoms with van der Waals surface area (Å²) in [6.07, 6.45) is 0. The van der Waals surface area contributed by atoms with Crippen LogP contribution in [-0.4, -0.2) is 25.6 Å². The van der Waals surface area contributed by atoms with E-state index in [1.165, 1.54) is 12.1 Å². The van der Waals surface area contributed by atoms with Crippen molar-refractivity contribution in [3.05, 3.63) is 29.6 Å². The van der Waals surface area contributed by atoms with Crippen LogP contribution in [0, 0.1) is 5.82 Å². The highest BCUT2D eigenvalue weighted by atomic mass is 19.1. The van der Waals surface area contributed by atoms with Gasteiger partial charge in [0.25, 0.3) is 0 Å². The first-order valence-corrected chi connectivity index (χ1v) is 4.68. The molecule has 0 aliphatic heterocycles. The van der Waals surface area contributed by atoms with Crippen LogP contribution in [0.2, 0.25) is 0 Å². The van der Waals surface area contributed by atoms with E-state index in [-0.39, 0.29) is 5.82 Å². The van der Waals surface area contributed by atoms with Crippen molar-refractivity contribution in [2.75, 3.05) is 20.7 Å². The van der Waals surface area contributed by atoms with Crippen LogP contribution in [-0.2, 0) is 6.54 Å². The fraction of sp³-hybridized carbons (Fsp3) is 0.455. The predicted octanol–water partition coefficient (Wildman–Crippen LogP) is 2.29. The summed E-state index contributed by atoms with van der Waals surface area (Å²) in [5.41, 5.74) is 0.886. The SMILES string of the molecule is CCN(C)Cc1cc(F)ccc1OC. The zero-order chi connectivity index (χ0) is 10.6. The Morgan fingerprint density at radius 3 is 2.71 bits per heavy atom. The van der Waals surface area contributed by atoms with Crippen LogP contribution < -0.4 is 4.74 Å². The van der Waals surface area contributed by atoms with E-state index in [1.54, 1.807) is 13.2 Å². The van der Waals surface area contributed by atoms with Gasteiger partial charge in [0.2, 0.25) is 0 Å². The Kier molecular flexibility index (Phi) is 3.89. The lowest BCUT2D eigenvalue weighted by molar-refractivity contribution is 0.332. The first-order chi connectivity index (χ1) is 6.67. The van der Waals surface area contributed by atoms with Crippen LogP contribution in [0.3, 0.4) is 0 Å². The van der Waals surface area contributed by atoms with Gasteiger partial charge in [0.05, 0.1) is 7.11 Å². The molecular formula is C11H16FNO. The minimum absolute atomic E-state index is 0.217. The number of ether oxygens (including phenoxy) is 1. The molecule has 0 unspecified atom stereocenters. The van der Waals surface area contributed by atoms with Crippen LogP contribution >= 0.6 is 0 Å². The van der Waals surface area contributed by atoms with Gasteiger partial charge in [-0.3, -0.25) is 0 Å². The molecule has 1 aromatic carbocycles. The van der Waals surface area contributed by atoms with Crippen molar-refractivity contribution in [2.24, 2.45) is 0 Å². The zero-order valence-corrected chi connectivity index (χ0v) is 8.88. The lowest BCUT2D eigenvalue weighted by Crippen LogP contribution is -2.17. The minimum atomic E-state index is -0.217. The van der Waals surface area contributed by atoms with E-state index in [4.69, 9.17) is 4.74 Å². The number of hydrogen-bond acceptors (Lipinski definition) is 2. The molecule has 0 aromatic heterocycles. The molecule has 0 bridgehead atoms. The Labute approximate surface area is 84.3 Å². The molecule has 1 rings (SSSR count). The van der Waals surface area contributed by atoms with Gasteiger partial charge in [0.1, 0.15) is 11.6 Å². The molecule has 0 atom stereocenters. The van der Waals surface area contributed by atoms with E-state index in [0.717, 1.165) is 17.9 Å². The van der Waals surface area contributed by atoms with Crippen molar-refractivity contribution in [1.82, 2.24) is 4.90 Å². The maximum atomic E-state index is 13.0. The highest BCUT2D eigenvalue weighted by Gasteiger charge is 2.06. The van der Waals surface area contributed by atoms with E-state index in [9.17, 15) is 4.39 Å². The fourth-order valence-electron chi connectivity index (χ4n) is 1.27. The van der Waals surface area contributed by atoms with Crippen molar-refractivity contribution >= 4 is 0 Å². The summed E-state index contributed by atoms with van der Waals surface area (Å²) in [5.74, 6) is 0.525. The van der Waals surface area contributed by atoms with Gasteiger partial charge >= 0.3 is 0 Å². The molecule has 0 heterocycles. The summed E-state index contributed by atoms with van der Waals surface area (Å²) < 4.78 is 18.1. The van der Waals surface area contributed by atoms with Crippen LogP contribution in [0.4, 0.5) is 4.39 Å². The van der Waals surface area contributed by atoms with Gasteiger partial charge < -0.3 is 9.64 Å². The standard InChI is InChI=1S/C11H16FNO/c1-4-13(2)8-9-7-10(12)5-6-11(9)14-3/h5-7H,4,8H2,1-3H3. The number of halogens is 1. The highest BCUT2D eigenvalue weighted by molar-refractivity contribution is 5.33. The van der Waals surface area contributed by atoms with E-state index in [0.29, 0.717) is 6.54 Å². The second-order valence-corrected chi connectivity index (χ2v) is 3.29. The maximum absolute atomic E-state index is 13.0. The Morgan fingerprint density at radius 2 is 2.14 bits per heavy atom. The molecule has 3 heteroatoms. The Morgan fingerprint density at radius 1 is 1.43 bits per heavy atom. The Bertz CT molecular complexity index is 301. The van der Waals surface area contributed by atoms with E-state index >= 15 is 0 Å². The van der Waals surface area contributed by atoms with Gasteiger partial charge in [-0.15, -0.1) is 0 Å². The molecule has 0 N–H and O–H groups in total. The largest absolute Gasteiger partial charge is 0.496 e. The second kappa shape index (κ2) is 4.96. The lowest BCUT2D eigenvalue weighted by atomic mass is 10.2. The molecule has 78 valence electrons. The first kappa shape index (κ1) is 11.0. The van der Waals surface area contributed by atoms with E-state index < -0.39 is 0 Å². The first-order valence-electron chi connectivity index (χ1n) is 4.68. The van der Waals surface area contributed by atoms with E-state index in [2.05, 4.69) is 11.8 Å². The highest BCUT2D eigenvalue weighted by Crippen LogP contribution is 2.20. The minimum Gasteiger partial charge on any atom is -0.496 e. The number of methoxy groups -OCH3 is 1. The number of hydrogen-bond donors (Lipinski definition) is 0. The molecule has 0 saturated heterocycles. The third-order valence-electron chi connectivity index (χ3n) is 2.22. The maximum Gasteiger partial charge on any atom is 0.123 e. The third kappa shape index (κ3) is 2.70. The normalized spacial score (nSPS) is 10.6. The molecule has 0 saturated carbocycles. The summed E-state index contributed by atoms with van der Waals surface area (Å²) in [6, 6.07) is 4.59. The van der Waals surface area contributed by atoms with Crippen molar-refractivity contribution < 1.29 is 9.13 Å². The number of nitrogens with zero attached hydrogens (tertiary/aromatic N) is 1. The molecule has 14 heavy (non-hydrogen) atoms. The smallest absolute Gasteiger partial charge is 0.123 e. The van der Waals surface area contributed by atoms with Crippen molar-refractivity contribution in [3.63, 3.8) is 0 Å². The quantitative estimate of drug-likeness (QED) is 0.734. The van der Waals surface area contributed by atoms with Crippen molar-refractivity contribution in [2.45, 2.75) is 13.5 Å². The zero-order valence-electron chi connectivity index (χ0n) is 8.88. The number of benzene rings is 1. The molecule has 0 aliphatic carbocycles. The number of rotatable bonds is 4. The predicted molar refractivity (Wildman–Crippen MR) is 55.0 cm³/mol. The average Bonchev–Trinajstić information content (AvgIpc) is 2.18. The van der Waals surface area contributed by atoms with Gasteiger partial charge in [0.15, 0.2) is 0 Å². The monoisotopic (exact) mass is 197 g/mol. The van der Waals surface area contributed by atoms with Crippen molar-refractivity contribution in [3.8, 4) is 5.75 Å². The second-order valence-electron chi connectivity index (χ2n) is 3.29. The topological polar surface area (TPSA) is 12.5 Å². The van der Waals surface area contributed by atoms with Gasteiger partial charge in [-0.05, 0) is 31.8 Å². The summed E-state index contributed by atoms with van der Waals surface area (Å²) in [6.45, 7) is 3.70. The van der Waals surface area contributed by atoms with Crippen LogP contribution in [0.1, 0.15) is 12.5 Å². The molecule has 2 nitrogen and oxygen atoms in total. The van der Waals surface area contributed by atoms with Crippen LogP contribution in [0.15, 0.2) is 18.2 Å². The summed E-state index contributed by atoms with van der Waals surface area (Å²) in [7, 11) is 3.59. The van der Waals surface area contributed by atoms with Gasteiger partial charge in [-0.2, -0.15) is 0 Å². The summed E-state index contributed by atoms with van der Waals surface area (Å²) in [5, 5.41) is 0.